The normalized spacial score (nSPS) is 13.2. The van der Waals surface area contributed by atoms with Gasteiger partial charge >= 0.3 is 11.9 Å². The van der Waals surface area contributed by atoms with E-state index in [2.05, 4.69) is 31.9 Å². The van der Waals surface area contributed by atoms with Crippen LogP contribution in [0.2, 0.25) is 0 Å². The number of carbonyl (C=O) groups excluding carboxylic acids is 3. The molecule has 0 fully saturated rings. The Morgan fingerprint density at radius 1 is 0.825 bits per heavy atom. The van der Waals surface area contributed by atoms with E-state index >= 15 is 0 Å². The molecule has 0 saturated carbocycles. The number of rotatable bonds is 9. The molecule has 1 atom stereocenters. The van der Waals surface area contributed by atoms with Crippen LogP contribution in [0.3, 0.4) is 0 Å². The third-order valence-electron chi connectivity index (χ3n) is 5.28. The first kappa shape index (κ1) is 24.5. The second kappa shape index (κ2) is 13.9. The lowest BCUT2D eigenvalue weighted by Gasteiger charge is -2.19. The molecule has 202 valence electrons. The summed E-state index contributed by atoms with van der Waals surface area (Å²) in [6.07, 6.45) is -0.0802. The van der Waals surface area contributed by atoms with Crippen molar-refractivity contribution in [3.8, 4) is 11.5 Å². The van der Waals surface area contributed by atoms with E-state index in [4.69, 9.17) is 19.7 Å². The monoisotopic (exact) mass is 778 g/mol. The van der Waals surface area contributed by atoms with Gasteiger partial charge in [0.2, 0.25) is 0 Å². The van der Waals surface area contributed by atoms with Gasteiger partial charge in [0.1, 0.15) is 11.5 Å². The number of carbonyl (C=O) groups is 3. The predicted octanol–water partition coefficient (Wildman–Crippen LogP) is 8.43. The maximum Gasteiger partial charge on any atom is 0.343 e. The van der Waals surface area contributed by atoms with Gasteiger partial charge in [-0.2, -0.15) is 0 Å². The summed E-state index contributed by atoms with van der Waals surface area (Å²) in [5, 5.41) is 0. The van der Waals surface area contributed by atoms with Crippen LogP contribution in [0.15, 0.2) is 118 Å². The summed E-state index contributed by atoms with van der Waals surface area (Å²) in [5.74, 6) is -2.16. The third kappa shape index (κ3) is 7.67. The first-order chi connectivity index (χ1) is 20.9. The Balaban J connectivity index is 1.69. The highest BCUT2D eigenvalue weighted by molar-refractivity contribution is 14.1. The fourth-order valence-corrected chi connectivity index (χ4v) is 5.03. The molecular formula is C31H21Br2IO6. The molecule has 4 rings (SSSR count). The van der Waals surface area contributed by atoms with Gasteiger partial charge in [0.25, 0.3) is 0 Å². The molecule has 0 aromatic heterocycles. The lowest BCUT2D eigenvalue weighted by molar-refractivity contribution is 0.0341. The Morgan fingerprint density at radius 2 is 1.38 bits per heavy atom. The summed E-state index contributed by atoms with van der Waals surface area (Å²) in [4.78, 5) is 38.9. The topological polar surface area (TPSA) is 78.9 Å². The van der Waals surface area contributed by atoms with Crippen LogP contribution < -0.4 is 9.47 Å². The molecule has 0 saturated heterocycles. The summed E-state index contributed by atoms with van der Waals surface area (Å²) in [6, 6.07) is 17.7. The van der Waals surface area contributed by atoms with Gasteiger partial charge < -0.3 is 14.2 Å². The zero-order valence-electron chi connectivity index (χ0n) is 24.7. The minimum atomic E-state index is -1.15. The van der Waals surface area contributed by atoms with Crippen LogP contribution in [0.4, 0.5) is 0 Å². The molecule has 0 heterocycles. The van der Waals surface area contributed by atoms with E-state index in [-0.39, 0.29) is 38.0 Å². The van der Waals surface area contributed by atoms with Gasteiger partial charge in [-0.25, -0.2) is 9.59 Å². The van der Waals surface area contributed by atoms with Crippen LogP contribution in [0.5, 0.6) is 11.5 Å². The number of halogens is 3. The molecule has 0 bridgehead atoms. The molecule has 0 spiro atoms. The first-order valence-electron chi connectivity index (χ1n) is 13.6. The highest BCUT2D eigenvalue weighted by Gasteiger charge is 2.22. The second-order valence-corrected chi connectivity index (χ2v) is 10.9. The molecule has 40 heavy (non-hydrogen) atoms. The lowest BCUT2D eigenvalue weighted by Crippen LogP contribution is -2.21. The third-order valence-corrected chi connectivity index (χ3v) is 7.22. The Labute approximate surface area is 267 Å². The Kier molecular flexibility index (Phi) is 8.50. The van der Waals surface area contributed by atoms with Crippen LogP contribution in [0, 0.1) is 3.57 Å². The molecule has 4 aromatic carbocycles. The summed E-state index contributed by atoms with van der Waals surface area (Å²) in [6.45, 7) is 1.47. The van der Waals surface area contributed by atoms with Crippen molar-refractivity contribution in [2.75, 3.05) is 0 Å². The van der Waals surface area contributed by atoms with Gasteiger partial charge in [-0.05, 0) is 110 Å². The maximum absolute atomic E-state index is 13.5. The number of hydrogen-bond donors (Lipinski definition) is 0. The van der Waals surface area contributed by atoms with Crippen molar-refractivity contribution in [1.29, 1.82) is 0 Å². The number of benzene rings is 4. The molecule has 0 N–H and O–H groups in total. The van der Waals surface area contributed by atoms with Crippen LogP contribution in [-0.2, 0) is 4.74 Å². The highest BCUT2D eigenvalue weighted by atomic mass is 127. The molecule has 0 aliphatic carbocycles. The first-order valence-corrected chi connectivity index (χ1v) is 14.3. The largest absolute Gasteiger partial charge is 0.457 e. The summed E-state index contributed by atoms with van der Waals surface area (Å²) in [5.41, 5.74) is 0.731. The maximum atomic E-state index is 13.5. The second-order valence-electron chi connectivity index (χ2n) is 8.09. The van der Waals surface area contributed by atoms with E-state index in [1.165, 1.54) is 19.1 Å². The van der Waals surface area contributed by atoms with Crippen molar-refractivity contribution >= 4 is 72.2 Å². The van der Waals surface area contributed by atoms with Crippen molar-refractivity contribution in [3.05, 3.63) is 138 Å². The van der Waals surface area contributed by atoms with E-state index in [0.717, 1.165) is 6.08 Å². The summed E-state index contributed by atoms with van der Waals surface area (Å²) in [7, 11) is 0. The van der Waals surface area contributed by atoms with Gasteiger partial charge in [0, 0.05) is 11.6 Å². The van der Waals surface area contributed by atoms with Gasteiger partial charge in [-0.3, -0.25) is 4.79 Å². The van der Waals surface area contributed by atoms with Crippen molar-refractivity contribution in [3.63, 3.8) is 0 Å². The predicted molar refractivity (Wildman–Crippen MR) is 167 cm³/mol. The van der Waals surface area contributed by atoms with Gasteiger partial charge in [0.15, 0.2) is 17.6 Å². The number of para-hydroxylation sites is 1. The van der Waals surface area contributed by atoms with E-state index < -0.39 is 42.0 Å². The SMILES string of the molecule is [2H]c1c([2H])c([2H])c(O/C(=C/C(=O)c2cc(Br)c(OC(=O)c3ccccc3)c(Br)c2)C(C)OC(=O)c2ccccc2)c(I)c1[2H]. The van der Waals surface area contributed by atoms with Crippen molar-refractivity contribution in [2.24, 2.45) is 0 Å². The summed E-state index contributed by atoms with van der Waals surface area (Å²) >= 11 is 8.43. The van der Waals surface area contributed by atoms with Crippen LogP contribution in [-0.4, -0.2) is 23.8 Å². The van der Waals surface area contributed by atoms with Crippen molar-refractivity contribution < 1.29 is 34.1 Å². The molecule has 9 heteroatoms. The molecule has 6 nitrogen and oxygen atoms in total. The average Bonchev–Trinajstić information content (AvgIpc) is 3.02. The standard InChI is InChI=1S/C31H21Br2IO6/c1-19(38-30(36)20-10-4-2-5-11-20)28(39-27-15-9-8-14-25(27)34)18-26(35)22-16-23(32)29(24(33)17-22)40-31(37)21-12-6-3-7-13-21/h2-19H,1H3/b28-18+/i8D,9D,14D,15D. The molecule has 0 aliphatic rings. The molecule has 1 unspecified atom stereocenters. The van der Waals surface area contributed by atoms with Crippen LogP contribution in [0.25, 0.3) is 0 Å². The van der Waals surface area contributed by atoms with Gasteiger partial charge in [-0.1, -0.05) is 48.5 Å². The van der Waals surface area contributed by atoms with Crippen molar-refractivity contribution in [1.82, 2.24) is 0 Å². The van der Waals surface area contributed by atoms with E-state index in [1.807, 2.05) is 0 Å². The molecule has 0 radical (unpaired) electrons. The van der Waals surface area contributed by atoms with E-state index in [1.54, 1.807) is 83.3 Å². The fraction of sp³-hybridized carbons (Fsp3) is 0.0645. The highest BCUT2D eigenvalue weighted by Crippen LogP contribution is 2.36. The number of esters is 2. The van der Waals surface area contributed by atoms with E-state index in [9.17, 15) is 14.4 Å². The Hall–Kier alpha value is -3.28. The molecular weight excluding hydrogens is 755 g/mol. The zero-order chi connectivity index (χ0) is 32.1. The average molecular weight is 780 g/mol. The van der Waals surface area contributed by atoms with Crippen molar-refractivity contribution in [2.45, 2.75) is 13.0 Å². The van der Waals surface area contributed by atoms with Crippen LogP contribution >= 0.6 is 54.5 Å². The van der Waals surface area contributed by atoms with Crippen LogP contribution in [0.1, 0.15) is 43.5 Å². The number of ketones is 1. The smallest absolute Gasteiger partial charge is 0.343 e. The lowest BCUT2D eigenvalue weighted by atomic mass is 10.1. The quantitative estimate of drug-likeness (QED) is 0.0424. The minimum Gasteiger partial charge on any atom is -0.457 e. The minimum absolute atomic E-state index is 0.0728. The zero-order valence-corrected chi connectivity index (χ0v) is 26.0. The number of ether oxygens (including phenoxy) is 3. The molecule has 0 amide bonds. The molecule has 0 aliphatic heterocycles. The fourth-order valence-electron chi connectivity index (χ4n) is 3.30. The number of hydrogen-bond acceptors (Lipinski definition) is 6. The van der Waals surface area contributed by atoms with E-state index in [0.29, 0.717) is 14.5 Å². The Bertz CT molecular complexity index is 1730. The van der Waals surface area contributed by atoms with Gasteiger partial charge in [0.05, 0.1) is 29.1 Å². The Morgan fingerprint density at radius 3 is 1.98 bits per heavy atom. The molecule has 4 aromatic rings. The number of allylic oxidation sites excluding steroid dienone is 1. The van der Waals surface area contributed by atoms with Gasteiger partial charge in [-0.15, -0.1) is 0 Å². The summed E-state index contributed by atoms with van der Waals surface area (Å²) < 4.78 is 50.1.